The van der Waals surface area contributed by atoms with Crippen molar-refractivity contribution in [1.82, 2.24) is 9.80 Å². The number of nitriles is 1. The Labute approximate surface area is 84.4 Å². The molecule has 0 bridgehead atoms. The van der Waals surface area contributed by atoms with Gasteiger partial charge in [-0.15, -0.1) is 0 Å². The summed E-state index contributed by atoms with van der Waals surface area (Å²) in [6.07, 6.45) is 3.67. The van der Waals surface area contributed by atoms with E-state index in [9.17, 15) is 4.79 Å². The largest absolute Gasteiger partial charge is 0.382 e. The molecule has 0 aromatic rings. The zero-order chi connectivity index (χ0) is 10.6. The number of hydrogen-bond acceptors (Lipinski definition) is 3. The molecule has 1 aliphatic rings. The first-order chi connectivity index (χ1) is 6.65. The van der Waals surface area contributed by atoms with Crippen LogP contribution < -0.4 is 0 Å². The van der Waals surface area contributed by atoms with Crippen LogP contribution in [-0.2, 0) is 4.79 Å². The molecule has 1 rings (SSSR count). The number of rotatable bonds is 2. The van der Waals surface area contributed by atoms with Gasteiger partial charge in [0.2, 0.25) is 0 Å². The Morgan fingerprint density at radius 2 is 2.00 bits per heavy atom. The fraction of sp³-hybridized carbons (Fsp3) is 0.600. The van der Waals surface area contributed by atoms with Crippen LogP contribution >= 0.6 is 0 Å². The van der Waals surface area contributed by atoms with Crippen molar-refractivity contribution >= 4 is 5.91 Å². The van der Waals surface area contributed by atoms with Crippen molar-refractivity contribution in [3.8, 4) is 6.07 Å². The van der Waals surface area contributed by atoms with Gasteiger partial charge in [-0.25, -0.2) is 0 Å². The minimum atomic E-state index is -0.140. The lowest BCUT2D eigenvalue weighted by atomic mass is 10.3. The van der Waals surface area contributed by atoms with Gasteiger partial charge in [0, 0.05) is 33.4 Å². The highest BCUT2D eigenvalue weighted by Crippen LogP contribution is 2.11. The van der Waals surface area contributed by atoms with Gasteiger partial charge >= 0.3 is 0 Å². The average molecular weight is 193 g/mol. The van der Waals surface area contributed by atoms with Crippen LogP contribution in [0, 0.1) is 11.3 Å². The summed E-state index contributed by atoms with van der Waals surface area (Å²) in [6.45, 7) is 1.57. The van der Waals surface area contributed by atoms with E-state index in [0.717, 1.165) is 25.9 Å². The Balaban J connectivity index is 2.70. The Bertz CT molecular complexity index is 282. The molecule has 0 unspecified atom stereocenters. The zero-order valence-corrected chi connectivity index (χ0v) is 8.66. The minimum absolute atomic E-state index is 0.140. The van der Waals surface area contributed by atoms with E-state index in [4.69, 9.17) is 5.26 Å². The summed E-state index contributed by atoms with van der Waals surface area (Å²) >= 11 is 0. The van der Waals surface area contributed by atoms with Gasteiger partial charge < -0.3 is 9.80 Å². The summed E-state index contributed by atoms with van der Waals surface area (Å²) < 4.78 is 0. The Morgan fingerprint density at radius 3 is 2.43 bits per heavy atom. The highest BCUT2D eigenvalue weighted by Gasteiger charge is 2.21. The van der Waals surface area contributed by atoms with E-state index in [-0.39, 0.29) is 11.5 Å². The fourth-order valence-corrected chi connectivity index (χ4v) is 1.48. The first-order valence-electron chi connectivity index (χ1n) is 4.73. The summed E-state index contributed by atoms with van der Waals surface area (Å²) in [7, 11) is 3.60. The van der Waals surface area contributed by atoms with E-state index in [1.165, 1.54) is 0 Å². The molecule has 0 N–H and O–H groups in total. The van der Waals surface area contributed by atoms with Crippen LogP contribution in [0.15, 0.2) is 11.8 Å². The molecule has 4 nitrogen and oxygen atoms in total. The molecule has 0 aromatic heterocycles. The molecular formula is C10H15N3O. The van der Waals surface area contributed by atoms with E-state index in [1.807, 2.05) is 6.07 Å². The minimum Gasteiger partial charge on any atom is -0.382 e. The number of carbonyl (C=O) groups is 1. The van der Waals surface area contributed by atoms with Crippen molar-refractivity contribution < 1.29 is 4.79 Å². The Morgan fingerprint density at radius 1 is 1.43 bits per heavy atom. The molecule has 0 atom stereocenters. The van der Waals surface area contributed by atoms with E-state index >= 15 is 0 Å². The SMILES string of the molecule is CN(C)/C=C(\C#N)C(=O)N1CCCC1. The van der Waals surface area contributed by atoms with Crippen LogP contribution in [0.5, 0.6) is 0 Å². The third kappa shape index (κ3) is 2.49. The van der Waals surface area contributed by atoms with Crippen molar-refractivity contribution in [2.75, 3.05) is 27.2 Å². The maximum atomic E-state index is 11.7. The summed E-state index contributed by atoms with van der Waals surface area (Å²) in [5.74, 6) is -0.140. The summed E-state index contributed by atoms with van der Waals surface area (Å²) in [4.78, 5) is 15.2. The van der Waals surface area contributed by atoms with E-state index in [2.05, 4.69) is 0 Å². The lowest BCUT2D eigenvalue weighted by molar-refractivity contribution is -0.125. The molecule has 0 spiro atoms. The molecule has 1 fully saturated rings. The van der Waals surface area contributed by atoms with Crippen LogP contribution in [0.25, 0.3) is 0 Å². The third-order valence-electron chi connectivity index (χ3n) is 2.13. The van der Waals surface area contributed by atoms with Crippen LogP contribution in [0.2, 0.25) is 0 Å². The fourth-order valence-electron chi connectivity index (χ4n) is 1.48. The standard InChI is InChI=1S/C10H15N3O/c1-12(2)8-9(7-11)10(14)13-5-3-4-6-13/h8H,3-6H2,1-2H3/b9-8+. The molecule has 0 radical (unpaired) electrons. The molecule has 0 saturated carbocycles. The molecule has 76 valence electrons. The molecule has 0 aromatic carbocycles. The van der Waals surface area contributed by atoms with Gasteiger partial charge in [0.25, 0.3) is 5.91 Å². The van der Waals surface area contributed by atoms with Crippen molar-refractivity contribution in [2.45, 2.75) is 12.8 Å². The average Bonchev–Trinajstić information content (AvgIpc) is 2.65. The molecule has 4 heteroatoms. The maximum absolute atomic E-state index is 11.7. The van der Waals surface area contributed by atoms with Crippen LogP contribution in [0.4, 0.5) is 0 Å². The quantitative estimate of drug-likeness (QED) is 0.476. The van der Waals surface area contributed by atoms with Gasteiger partial charge in [-0.3, -0.25) is 4.79 Å². The van der Waals surface area contributed by atoms with Crippen LogP contribution in [0.3, 0.4) is 0 Å². The normalized spacial score (nSPS) is 16.6. The summed E-state index contributed by atoms with van der Waals surface area (Å²) in [6, 6.07) is 1.94. The molecule has 1 amide bonds. The van der Waals surface area contributed by atoms with Gasteiger partial charge in [0.15, 0.2) is 0 Å². The summed E-state index contributed by atoms with van der Waals surface area (Å²) in [5.41, 5.74) is 0.219. The van der Waals surface area contributed by atoms with Gasteiger partial charge in [0.1, 0.15) is 11.6 Å². The van der Waals surface area contributed by atoms with Crippen LogP contribution in [0.1, 0.15) is 12.8 Å². The van der Waals surface area contributed by atoms with Crippen molar-refractivity contribution in [3.05, 3.63) is 11.8 Å². The monoisotopic (exact) mass is 193 g/mol. The smallest absolute Gasteiger partial charge is 0.266 e. The number of hydrogen-bond donors (Lipinski definition) is 0. The van der Waals surface area contributed by atoms with E-state index in [0.29, 0.717) is 0 Å². The second-order valence-corrected chi connectivity index (χ2v) is 3.62. The van der Waals surface area contributed by atoms with Gasteiger partial charge in [-0.2, -0.15) is 5.26 Å². The second-order valence-electron chi connectivity index (χ2n) is 3.62. The second kappa shape index (κ2) is 4.66. The maximum Gasteiger partial charge on any atom is 0.266 e. The lowest BCUT2D eigenvalue weighted by Crippen LogP contribution is -2.29. The predicted octanol–water partition coefficient (Wildman–Crippen LogP) is 0.578. The number of carbonyl (C=O) groups excluding carboxylic acids is 1. The predicted molar refractivity (Wildman–Crippen MR) is 53.2 cm³/mol. The molecule has 1 heterocycles. The number of amides is 1. The number of nitrogens with zero attached hydrogens (tertiary/aromatic N) is 3. The van der Waals surface area contributed by atoms with Gasteiger partial charge in [-0.05, 0) is 12.8 Å². The molecule has 1 saturated heterocycles. The Hall–Kier alpha value is -1.50. The van der Waals surface area contributed by atoms with Gasteiger partial charge in [-0.1, -0.05) is 0 Å². The molecule has 0 aliphatic carbocycles. The lowest BCUT2D eigenvalue weighted by Gasteiger charge is -2.15. The highest BCUT2D eigenvalue weighted by molar-refractivity contribution is 5.97. The van der Waals surface area contributed by atoms with Crippen LogP contribution in [-0.4, -0.2) is 42.9 Å². The molecule has 1 aliphatic heterocycles. The Kier molecular flexibility index (Phi) is 3.52. The zero-order valence-electron chi connectivity index (χ0n) is 8.66. The first kappa shape index (κ1) is 10.6. The van der Waals surface area contributed by atoms with Crippen molar-refractivity contribution in [1.29, 1.82) is 5.26 Å². The molecule has 14 heavy (non-hydrogen) atoms. The molecular weight excluding hydrogens is 178 g/mol. The van der Waals surface area contributed by atoms with Crippen molar-refractivity contribution in [3.63, 3.8) is 0 Å². The van der Waals surface area contributed by atoms with Gasteiger partial charge in [0.05, 0.1) is 0 Å². The topological polar surface area (TPSA) is 47.3 Å². The van der Waals surface area contributed by atoms with E-state index in [1.54, 1.807) is 30.1 Å². The highest BCUT2D eigenvalue weighted by atomic mass is 16.2. The summed E-state index contributed by atoms with van der Waals surface area (Å²) in [5, 5.41) is 8.81. The van der Waals surface area contributed by atoms with E-state index < -0.39 is 0 Å². The third-order valence-corrected chi connectivity index (χ3v) is 2.13. The van der Waals surface area contributed by atoms with Crippen molar-refractivity contribution in [2.24, 2.45) is 0 Å². The first-order valence-corrected chi connectivity index (χ1v) is 4.73. The number of likely N-dealkylation sites (tertiary alicyclic amines) is 1.